The highest BCUT2D eigenvalue weighted by Crippen LogP contribution is 2.19. The Morgan fingerprint density at radius 2 is 2.06 bits per heavy atom. The second-order valence-corrected chi connectivity index (χ2v) is 5.00. The molecule has 0 aliphatic carbocycles. The van der Waals surface area contributed by atoms with Gasteiger partial charge in [-0.1, -0.05) is 0 Å². The molecule has 6 heteroatoms. The van der Waals surface area contributed by atoms with Crippen LogP contribution in [0.1, 0.15) is 33.6 Å². The van der Waals surface area contributed by atoms with Gasteiger partial charge < -0.3 is 14.7 Å². The highest BCUT2D eigenvalue weighted by molar-refractivity contribution is 5.90. The standard InChI is InChI=1S/C11H17NO5/c1-11(2,3)17-9(14)6-12-7(10(15)16)4-5-8(12)13/h7H,4-6H2,1-3H3,(H,15,16). The number of nitrogens with zero attached hydrogens (tertiary/aromatic N) is 1. The van der Waals surface area contributed by atoms with Gasteiger partial charge in [-0.15, -0.1) is 0 Å². The Morgan fingerprint density at radius 1 is 1.47 bits per heavy atom. The summed E-state index contributed by atoms with van der Waals surface area (Å²) in [5.41, 5.74) is -0.640. The molecule has 17 heavy (non-hydrogen) atoms. The molecule has 1 N–H and O–H groups in total. The molecule has 1 aliphatic heterocycles. The number of carbonyl (C=O) groups excluding carboxylic acids is 2. The number of hydrogen-bond donors (Lipinski definition) is 1. The average molecular weight is 243 g/mol. The minimum absolute atomic E-state index is 0.166. The molecule has 1 rings (SSSR count). The number of hydrogen-bond acceptors (Lipinski definition) is 4. The van der Waals surface area contributed by atoms with Crippen molar-refractivity contribution in [3.63, 3.8) is 0 Å². The number of carboxylic acid groups (broad SMARTS) is 1. The summed E-state index contributed by atoms with van der Waals surface area (Å²) in [6.45, 7) is 4.84. The molecular weight excluding hydrogens is 226 g/mol. The zero-order valence-electron chi connectivity index (χ0n) is 10.2. The summed E-state index contributed by atoms with van der Waals surface area (Å²) in [6, 6.07) is -0.907. The number of aliphatic carboxylic acids is 1. The Kier molecular flexibility index (Phi) is 3.75. The van der Waals surface area contributed by atoms with Crippen LogP contribution in [0, 0.1) is 0 Å². The number of amides is 1. The zero-order valence-corrected chi connectivity index (χ0v) is 10.2. The number of rotatable bonds is 3. The molecule has 0 aromatic rings. The molecule has 0 saturated carbocycles. The van der Waals surface area contributed by atoms with E-state index in [1.165, 1.54) is 0 Å². The first-order chi connectivity index (χ1) is 7.70. The summed E-state index contributed by atoms with van der Waals surface area (Å²) in [5, 5.41) is 8.90. The quantitative estimate of drug-likeness (QED) is 0.725. The van der Waals surface area contributed by atoms with Crippen LogP contribution in [0.3, 0.4) is 0 Å². The van der Waals surface area contributed by atoms with Gasteiger partial charge in [-0.3, -0.25) is 9.59 Å². The van der Waals surface area contributed by atoms with Crippen LogP contribution < -0.4 is 0 Å². The van der Waals surface area contributed by atoms with E-state index in [1.807, 2.05) is 0 Å². The van der Waals surface area contributed by atoms with Crippen molar-refractivity contribution in [1.29, 1.82) is 0 Å². The maximum Gasteiger partial charge on any atom is 0.326 e. The topological polar surface area (TPSA) is 83.9 Å². The zero-order chi connectivity index (χ0) is 13.2. The predicted octanol–water partition coefficient (Wildman–Crippen LogP) is 0.404. The molecule has 1 saturated heterocycles. The molecular formula is C11H17NO5. The van der Waals surface area contributed by atoms with Gasteiger partial charge in [0.15, 0.2) is 0 Å². The molecule has 0 bridgehead atoms. The van der Waals surface area contributed by atoms with E-state index in [1.54, 1.807) is 20.8 Å². The lowest BCUT2D eigenvalue weighted by atomic mass is 10.2. The fourth-order valence-electron chi connectivity index (χ4n) is 1.70. The van der Waals surface area contributed by atoms with Crippen molar-refractivity contribution >= 4 is 17.8 Å². The summed E-state index contributed by atoms with van der Waals surface area (Å²) in [5.74, 6) is -1.98. The lowest BCUT2D eigenvalue weighted by molar-refractivity contribution is -0.160. The number of carboxylic acids is 1. The number of likely N-dealkylation sites (tertiary alicyclic amines) is 1. The highest BCUT2D eigenvalue weighted by atomic mass is 16.6. The van der Waals surface area contributed by atoms with Gasteiger partial charge >= 0.3 is 11.9 Å². The molecule has 1 fully saturated rings. The molecule has 1 atom stereocenters. The van der Waals surface area contributed by atoms with Crippen LogP contribution in [0.5, 0.6) is 0 Å². The maximum absolute atomic E-state index is 11.5. The van der Waals surface area contributed by atoms with E-state index in [2.05, 4.69) is 0 Å². The Morgan fingerprint density at radius 3 is 2.53 bits per heavy atom. The summed E-state index contributed by atoms with van der Waals surface area (Å²) < 4.78 is 5.05. The molecule has 1 aliphatic rings. The molecule has 0 spiro atoms. The highest BCUT2D eigenvalue weighted by Gasteiger charge is 2.37. The lowest BCUT2D eigenvalue weighted by Crippen LogP contribution is -2.43. The number of esters is 1. The van der Waals surface area contributed by atoms with Gasteiger partial charge in [0.1, 0.15) is 18.2 Å². The molecule has 96 valence electrons. The van der Waals surface area contributed by atoms with Crippen LogP contribution in [0.4, 0.5) is 0 Å². The summed E-state index contributed by atoms with van der Waals surface area (Å²) in [7, 11) is 0. The van der Waals surface area contributed by atoms with Gasteiger partial charge in [-0.05, 0) is 27.2 Å². The second kappa shape index (κ2) is 4.73. The number of carbonyl (C=O) groups is 3. The Bertz CT molecular complexity index is 344. The molecule has 6 nitrogen and oxygen atoms in total. The Labute approximate surface area is 99.5 Å². The van der Waals surface area contributed by atoms with Crippen LogP contribution in [-0.4, -0.2) is 46.0 Å². The van der Waals surface area contributed by atoms with E-state index < -0.39 is 23.6 Å². The van der Waals surface area contributed by atoms with Crippen molar-refractivity contribution in [2.24, 2.45) is 0 Å². The SMILES string of the molecule is CC(C)(C)OC(=O)CN1C(=O)CCC1C(=O)O. The Hall–Kier alpha value is -1.59. The third-order valence-electron chi connectivity index (χ3n) is 2.33. The minimum Gasteiger partial charge on any atom is -0.480 e. The first-order valence-electron chi connectivity index (χ1n) is 5.45. The molecule has 0 radical (unpaired) electrons. The van der Waals surface area contributed by atoms with Crippen molar-refractivity contribution in [3.8, 4) is 0 Å². The normalized spacial score (nSPS) is 20.5. The van der Waals surface area contributed by atoms with Gasteiger partial charge in [0.25, 0.3) is 0 Å². The maximum atomic E-state index is 11.5. The fraction of sp³-hybridized carbons (Fsp3) is 0.727. The fourth-order valence-corrected chi connectivity index (χ4v) is 1.70. The first-order valence-corrected chi connectivity index (χ1v) is 5.45. The van der Waals surface area contributed by atoms with Crippen LogP contribution >= 0.6 is 0 Å². The third-order valence-corrected chi connectivity index (χ3v) is 2.33. The van der Waals surface area contributed by atoms with Crippen LogP contribution in [0.15, 0.2) is 0 Å². The van der Waals surface area contributed by atoms with Crippen molar-refractivity contribution in [3.05, 3.63) is 0 Å². The van der Waals surface area contributed by atoms with Gasteiger partial charge in [0.05, 0.1) is 0 Å². The van der Waals surface area contributed by atoms with Gasteiger partial charge in [0, 0.05) is 6.42 Å². The van der Waals surface area contributed by atoms with Crippen LogP contribution in [0.2, 0.25) is 0 Å². The minimum atomic E-state index is -1.08. The van der Waals surface area contributed by atoms with E-state index in [9.17, 15) is 14.4 Å². The van der Waals surface area contributed by atoms with Crippen LogP contribution in [0.25, 0.3) is 0 Å². The average Bonchev–Trinajstić information content (AvgIpc) is 2.44. The van der Waals surface area contributed by atoms with E-state index in [4.69, 9.17) is 9.84 Å². The summed E-state index contributed by atoms with van der Waals surface area (Å²) >= 11 is 0. The van der Waals surface area contributed by atoms with Crippen LogP contribution in [-0.2, 0) is 19.1 Å². The van der Waals surface area contributed by atoms with Crippen molar-refractivity contribution in [2.75, 3.05) is 6.54 Å². The molecule has 1 unspecified atom stereocenters. The van der Waals surface area contributed by atoms with E-state index in [0.717, 1.165) is 4.90 Å². The van der Waals surface area contributed by atoms with Crippen molar-refractivity contribution in [1.82, 2.24) is 4.90 Å². The monoisotopic (exact) mass is 243 g/mol. The van der Waals surface area contributed by atoms with Crippen molar-refractivity contribution < 1.29 is 24.2 Å². The molecule has 0 aromatic heterocycles. The predicted molar refractivity (Wildman–Crippen MR) is 58.2 cm³/mol. The summed E-state index contributed by atoms with van der Waals surface area (Å²) in [4.78, 5) is 34.9. The molecule has 1 amide bonds. The molecule has 1 heterocycles. The van der Waals surface area contributed by atoms with Gasteiger partial charge in [-0.2, -0.15) is 0 Å². The van der Waals surface area contributed by atoms with Gasteiger partial charge in [0.2, 0.25) is 5.91 Å². The molecule has 0 aromatic carbocycles. The van der Waals surface area contributed by atoms with E-state index in [0.29, 0.717) is 0 Å². The van der Waals surface area contributed by atoms with E-state index in [-0.39, 0.29) is 25.3 Å². The van der Waals surface area contributed by atoms with Crippen molar-refractivity contribution in [2.45, 2.75) is 45.3 Å². The van der Waals surface area contributed by atoms with E-state index >= 15 is 0 Å². The van der Waals surface area contributed by atoms with Gasteiger partial charge in [-0.25, -0.2) is 4.79 Å². The largest absolute Gasteiger partial charge is 0.480 e. The Balaban J connectivity index is 2.63. The third kappa shape index (κ3) is 3.72. The first kappa shape index (κ1) is 13.5. The number of ether oxygens (including phenoxy) is 1. The lowest BCUT2D eigenvalue weighted by Gasteiger charge is -2.24. The second-order valence-electron chi connectivity index (χ2n) is 5.00. The summed E-state index contributed by atoms with van der Waals surface area (Å²) in [6.07, 6.45) is 0.413. The smallest absolute Gasteiger partial charge is 0.326 e.